The van der Waals surface area contributed by atoms with Crippen molar-refractivity contribution in [2.24, 2.45) is 0 Å². The van der Waals surface area contributed by atoms with Gasteiger partial charge in [-0.25, -0.2) is 8.78 Å². The molecular formula is C7H6BClF2O3. The maximum atomic E-state index is 13.0. The molecule has 2 N–H and O–H groups in total. The first kappa shape index (κ1) is 11.2. The Morgan fingerprint density at radius 3 is 2.36 bits per heavy atom. The highest BCUT2D eigenvalue weighted by atomic mass is 35.5. The van der Waals surface area contributed by atoms with E-state index in [1.807, 2.05) is 0 Å². The molecule has 0 heterocycles. The van der Waals surface area contributed by atoms with Gasteiger partial charge in [0.15, 0.2) is 11.6 Å². The molecule has 0 fully saturated rings. The highest BCUT2D eigenvalue weighted by Gasteiger charge is 2.24. The molecule has 0 bridgehead atoms. The van der Waals surface area contributed by atoms with Gasteiger partial charge in [0.2, 0.25) is 0 Å². The molecule has 7 heteroatoms. The van der Waals surface area contributed by atoms with Gasteiger partial charge in [0.1, 0.15) is 10.8 Å². The van der Waals surface area contributed by atoms with E-state index in [1.54, 1.807) is 0 Å². The Morgan fingerprint density at radius 2 is 1.93 bits per heavy atom. The van der Waals surface area contributed by atoms with Crippen LogP contribution < -0.4 is 10.2 Å². The van der Waals surface area contributed by atoms with E-state index in [0.29, 0.717) is 0 Å². The molecule has 0 aliphatic heterocycles. The van der Waals surface area contributed by atoms with Crippen molar-refractivity contribution in [3.05, 3.63) is 22.7 Å². The lowest BCUT2D eigenvalue weighted by atomic mass is 9.79. The zero-order chi connectivity index (χ0) is 10.9. The van der Waals surface area contributed by atoms with E-state index in [9.17, 15) is 8.78 Å². The van der Waals surface area contributed by atoms with Crippen molar-refractivity contribution in [3.8, 4) is 5.75 Å². The molecule has 0 amide bonds. The van der Waals surface area contributed by atoms with Crippen LogP contribution in [0.3, 0.4) is 0 Å². The molecule has 0 saturated carbocycles. The molecule has 1 aromatic rings. The Morgan fingerprint density at radius 1 is 1.36 bits per heavy atom. The summed E-state index contributed by atoms with van der Waals surface area (Å²) < 4.78 is 30.6. The standard InChI is InChI=1S/C7H6BClF2O3/c1-14-4-2-3(8(12)13)6(10)7(11)5(4)9/h2,12-13H,1H3. The lowest BCUT2D eigenvalue weighted by Gasteiger charge is -2.08. The minimum atomic E-state index is -2.12. The normalized spacial score (nSPS) is 10.1. The van der Waals surface area contributed by atoms with Crippen LogP contribution in [0, 0.1) is 11.6 Å². The summed E-state index contributed by atoms with van der Waals surface area (Å²) in [6, 6.07) is 0.922. The second kappa shape index (κ2) is 4.12. The second-order valence-electron chi connectivity index (χ2n) is 2.48. The van der Waals surface area contributed by atoms with Gasteiger partial charge in [-0.2, -0.15) is 0 Å². The van der Waals surface area contributed by atoms with Crippen LogP contribution in [0.1, 0.15) is 0 Å². The zero-order valence-corrected chi connectivity index (χ0v) is 7.85. The smallest absolute Gasteiger partial charge is 0.491 e. The average molecular weight is 222 g/mol. The Kier molecular flexibility index (Phi) is 3.31. The third-order valence-electron chi connectivity index (χ3n) is 1.64. The predicted octanol–water partition coefficient (Wildman–Crippen LogP) is 0.307. The second-order valence-corrected chi connectivity index (χ2v) is 2.86. The van der Waals surface area contributed by atoms with Gasteiger partial charge in [-0.15, -0.1) is 0 Å². The van der Waals surface area contributed by atoms with Crippen LogP contribution in [0.4, 0.5) is 8.78 Å². The van der Waals surface area contributed by atoms with Crippen LogP contribution in [0.25, 0.3) is 0 Å². The average Bonchev–Trinajstić information content (AvgIpc) is 2.14. The fourth-order valence-electron chi connectivity index (χ4n) is 0.936. The monoisotopic (exact) mass is 222 g/mol. The fourth-order valence-corrected chi connectivity index (χ4v) is 1.15. The lowest BCUT2D eigenvalue weighted by molar-refractivity contribution is 0.401. The summed E-state index contributed by atoms with van der Waals surface area (Å²) in [5, 5.41) is 16.8. The van der Waals surface area contributed by atoms with Crippen LogP contribution in [0.15, 0.2) is 6.07 Å². The van der Waals surface area contributed by atoms with E-state index < -0.39 is 29.2 Å². The molecule has 1 rings (SSSR count). The Hall–Kier alpha value is -0.845. The van der Waals surface area contributed by atoms with E-state index in [0.717, 1.165) is 6.07 Å². The van der Waals surface area contributed by atoms with Gasteiger partial charge >= 0.3 is 7.12 Å². The molecule has 76 valence electrons. The predicted molar refractivity (Wildman–Crippen MR) is 47.7 cm³/mol. The first-order chi connectivity index (χ1) is 6.49. The first-order valence-electron chi connectivity index (χ1n) is 3.56. The number of benzene rings is 1. The number of halogens is 3. The van der Waals surface area contributed by atoms with Gasteiger partial charge in [-0.1, -0.05) is 11.6 Å². The quantitative estimate of drug-likeness (QED) is 0.559. The summed E-state index contributed by atoms with van der Waals surface area (Å²) in [5.41, 5.74) is -0.622. The van der Waals surface area contributed by atoms with Crippen molar-refractivity contribution in [3.63, 3.8) is 0 Å². The number of hydrogen-bond donors (Lipinski definition) is 2. The molecule has 0 saturated heterocycles. The zero-order valence-electron chi connectivity index (χ0n) is 7.09. The summed E-state index contributed by atoms with van der Waals surface area (Å²) >= 11 is 5.37. The number of methoxy groups -OCH3 is 1. The third-order valence-corrected chi connectivity index (χ3v) is 1.99. The van der Waals surface area contributed by atoms with Crippen molar-refractivity contribution < 1.29 is 23.6 Å². The number of hydrogen-bond acceptors (Lipinski definition) is 3. The van der Waals surface area contributed by atoms with Gasteiger partial charge in [0.05, 0.1) is 7.11 Å². The van der Waals surface area contributed by atoms with Crippen molar-refractivity contribution >= 4 is 24.2 Å². The van der Waals surface area contributed by atoms with Gasteiger partial charge in [-0.3, -0.25) is 0 Å². The number of rotatable bonds is 2. The maximum absolute atomic E-state index is 13.0. The summed E-state index contributed by atoms with van der Waals surface area (Å²) in [7, 11) is -0.915. The Balaban J connectivity index is 3.40. The topological polar surface area (TPSA) is 49.7 Å². The molecule has 0 spiro atoms. The Labute approximate surface area is 84.0 Å². The Bertz CT molecular complexity index is 359. The van der Waals surface area contributed by atoms with Gasteiger partial charge in [-0.05, 0) is 6.07 Å². The SMILES string of the molecule is COc1cc(B(O)O)c(F)c(F)c1Cl. The molecule has 0 aliphatic rings. The van der Waals surface area contributed by atoms with E-state index in [2.05, 4.69) is 4.74 Å². The number of ether oxygens (including phenoxy) is 1. The van der Waals surface area contributed by atoms with E-state index >= 15 is 0 Å². The molecule has 0 unspecified atom stereocenters. The maximum Gasteiger partial charge on any atom is 0.491 e. The van der Waals surface area contributed by atoms with E-state index in [4.69, 9.17) is 21.6 Å². The molecule has 0 atom stereocenters. The lowest BCUT2D eigenvalue weighted by Crippen LogP contribution is -2.33. The van der Waals surface area contributed by atoms with Gasteiger partial charge < -0.3 is 14.8 Å². The van der Waals surface area contributed by atoms with Crippen molar-refractivity contribution in [1.29, 1.82) is 0 Å². The molecule has 0 radical (unpaired) electrons. The largest absolute Gasteiger partial charge is 0.495 e. The van der Waals surface area contributed by atoms with E-state index in [-0.39, 0.29) is 5.75 Å². The molecule has 1 aromatic carbocycles. The summed E-state index contributed by atoms with van der Waals surface area (Å²) in [5.74, 6) is -2.92. The van der Waals surface area contributed by atoms with Crippen LogP contribution >= 0.6 is 11.6 Å². The molecule has 0 aromatic heterocycles. The minimum Gasteiger partial charge on any atom is -0.495 e. The fraction of sp³-hybridized carbons (Fsp3) is 0.143. The molecule has 0 aliphatic carbocycles. The van der Waals surface area contributed by atoms with Gasteiger partial charge in [0.25, 0.3) is 0 Å². The van der Waals surface area contributed by atoms with Crippen molar-refractivity contribution in [2.45, 2.75) is 0 Å². The van der Waals surface area contributed by atoms with Crippen LogP contribution in [-0.4, -0.2) is 24.3 Å². The summed E-state index contributed by atoms with van der Waals surface area (Å²) in [6.45, 7) is 0. The minimum absolute atomic E-state index is 0.159. The highest BCUT2D eigenvalue weighted by Crippen LogP contribution is 2.27. The molecule has 3 nitrogen and oxygen atoms in total. The van der Waals surface area contributed by atoms with Crippen molar-refractivity contribution in [2.75, 3.05) is 7.11 Å². The van der Waals surface area contributed by atoms with E-state index in [1.165, 1.54) is 7.11 Å². The van der Waals surface area contributed by atoms with Crippen LogP contribution in [0.2, 0.25) is 5.02 Å². The van der Waals surface area contributed by atoms with Gasteiger partial charge in [0, 0.05) is 5.46 Å². The van der Waals surface area contributed by atoms with Crippen molar-refractivity contribution in [1.82, 2.24) is 0 Å². The van der Waals surface area contributed by atoms with Crippen LogP contribution in [0.5, 0.6) is 5.75 Å². The first-order valence-corrected chi connectivity index (χ1v) is 3.94. The third kappa shape index (κ3) is 1.82. The summed E-state index contributed by atoms with van der Waals surface area (Å²) in [6.07, 6.45) is 0. The highest BCUT2D eigenvalue weighted by molar-refractivity contribution is 6.59. The molecule has 14 heavy (non-hydrogen) atoms. The van der Waals surface area contributed by atoms with Crippen LogP contribution in [-0.2, 0) is 0 Å². The summed E-state index contributed by atoms with van der Waals surface area (Å²) in [4.78, 5) is 0. The molecular weight excluding hydrogens is 216 g/mol.